The van der Waals surface area contributed by atoms with Crippen molar-refractivity contribution >= 4 is 6.09 Å². The van der Waals surface area contributed by atoms with Crippen molar-refractivity contribution < 1.29 is 9.53 Å². The van der Waals surface area contributed by atoms with Crippen LogP contribution in [-0.2, 0) is 4.74 Å². The minimum absolute atomic E-state index is 0.0634. The lowest BCUT2D eigenvalue weighted by Gasteiger charge is -2.48. The maximum absolute atomic E-state index is 11.8. The molecule has 0 saturated heterocycles. The van der Waals surface area contributed by atoms with Gasteiger partial charge in [-0.1, -0.05) is 20.8 Å². The molecule has 0 heterocycles. The molecule has 0 bridgehead atoms. The van der Waals surface area contributed by atoms with Crippen molar-refractivity contribution in [1.29, 1.82) is 5.26 Å². The molecule has 120 valence electrons. The van der Waals surface area contributed by atoms with Gasteiger partial charge in [0.2, 0.25) is 0 Å². The molecule has 1 N–H and O–H groups in total. The summed E-state index contributed by atoms with van der Waals surface area (Å²) < 4.78 is 5.30. The highest BCUT2D eigenvalue weighted by Gasteiger charge is 2.44. The monoisotopic (exact) mass is 294 g/mol. The van der Waals surface area contributed by atoms with Gasteiger partial charge in [0.1, 0.15) is 5.60 Å². The van der Waals surface area contributed by atoms with Gasteiger partial charge in [-0.05, 0) is 57.3 Å². The van der Waals surface area contributed by atoms with Crippen molar-refractivity contribution in [3.63, 3.8) is 0 Å². The van der Waals surface area contributed by atoms with Gasteiger partial charge >= 0.3 is 6.09 Å². The Kier molecular flexibility index (Phi) is 5.30. The smallest absolute Gasteiger partial charge is 0.407 e. The van der Waals surface area contributed by atoms with E-state index in [-0.39, 0.29) is 23.0 Å². The Morgan fingerprint density at radius 2 is 1.76 bits per heavy atom. The first kappa shape index (κ1) is 17.8. The maximum Gasteiger partial charge on any atom is 0.407 e. The number of nitrogens with one attached hydrogen (secondary N) is 1. The molecule has 0 spiro atoms. The van der Waals surface area contributed by atoms with E-state index < -0.39 is 5.60 Å². The van der Waals surface area contributed by atoms with Gasteiger partial charge in [0.25, 0.3) is 0 Å². The number of rotatable bonds is 2. The Hall–Kier alpha value is -1.24. The normalized spacial score (nSPS) is 26.8. The van der Waals surface area contributed by atoms with E-state index in [0.717, 1.165) is 25.7 Å². The highest BCUT2D eigenvalue weighted by atomic mass is 16.6. The Labute approximate surface area is 129 Å². The third-order valence-electron chi connectivity index (χ3n) is 4.67. The molecule has 1 rings (SSSR count). The van der Waals surface area contributed by atoms with Gasteiger partial charge in [0.05, 0.1) is 6.07 Å². The molecule has 1 fully saturated rings. The van der Waals surface area contributed by atoms with E-state index in [9.17, 15) is 4.79 Å². The lowest BCUT2D eigenvalue weighted by molar-refractivity contribution is 0.0245. The van der Waals surface area contributed by atoms with Crippen LogP contribution in [0.15, 0.2) is 0 Å². The first-order chi connectivity index (χ1) is 9.49. The Bertz CT molecular complexity index is 402. The van der Waals surface area contributed by atoms with Crippen molar-refractivity contribution in [2.45, 2.75) is 85.3 Å². The van der Waals surface area contributed by atoms with E-state index in [4.69, 9.17) is 10.00 Å². The second kappa shape index (κ2) is 6.25. The number of amides is 1. The van der Waals surface area contributed by atoms with Crippen LogP contribution in [0, 0.1) is 22.2 Å². The third kappa shape index (κ3) is 4.91. The summed E-state index contributed by atoms with van der Waals surface area (Å²) in [6, 6.07) is 2.52. The predicted molar refractivity (Wildman–Crippen MR) is 83.7 cm³/mol. The summed E-state index contributed by atoms with van der Waals surface area (Å²) in [6.45, 7) is 12.2. The number of nitriles is 1. The molecule has 1 aliphatic carbocycles. The number of hydrogen-bond acceptors (Lipinski definition) is 3. The molecule has 4 heteroatoms. The Balaban J connectivity index is 2.59. The largest absolute Gasteiger partial charge is 0.444 e. The molecule has 21 heavy (non-hydrogen) atoms. The van der Waals surface area contributed by atoms with Crippen LogP contribution in [0.3, 0.4) is 0 Å². The third-order valence-corrected chi connectivity index (χ3v) is 4.67. The zero-order chi connectivity index (χ0) is 16.3. The van der Waals surface area contributed by atoms with Crippen LogP contribution in [0.5, 0.6) is 0 Å². The fourth-order valence-electron chi connectivity index (χ4n) is 3.13. The SMILES string of the molecule is CC(C)(C)OC(=O)N[C@H]1CC[C@@](CC#N)(C(C)(C)C)CC1. The first-order valence-electron chi connectivity index (χ1n) is 7.86. The van der Waals surface area contributed by atoms with Crippen LogP contribution in [0.4, 0.5) is 4.79 Å². The number of alkyl carbamates (subject to hydrolysis) is 1. The molecular weight excluding hydrogens is 264 g/mol. The molecule has 0 atom stereocenters. The first-order valence-corrected chi connectivity index (χ1v) is 7.86. The van der Waals surface area contributed by atoms with Gasteiger partial charge < -0.3 is 10.1 Å². The molecule has 0 aromatic rings. The van der Waals surface area contributed by atoms with Crippen LogP contribution in [0.2, 0.25) is 0 Å². The quantitative estimate of drug-likeness (QED) is 0.821. The van der Waals surface area contributed by atoms with Gasteiger partial charge in [-0.3, -0.25) is 0 Å². The number of carbonyl (C=O) groups is 1. The summed E-state index contributed by atoms with van der Waals surface area (Å²) in [5, 5.41) is 12.1. The average Bonchev–Trinajstić information content (AvgIpc) is 2.28. The zero-order valence-electron chi connectivity index (χ0n) is 14.4. The van der Waals surface area contributed by atoms with Gasteiger partial charge in [-0.15, -0.1) is 0 Å². The summed E-state index contributed by atoms with van der Waals surface area (Å²) in [7, 11) is 0. The summed E-state index contributed by atoms with van der Waals surface area (Å²) in [5.74, 6) is 0. The minimum atomic E-state index is -0.464. The Morgan fingerprint density at radius 1 is 1.24 bits per heavy atom. The van der Waals surface area contributed by atoms with Gasteiger partial charge in [-0.25, -0.2) is 4.79 Å². The van der Waals surface area contributed by atoms with Gasteiger partial charge in [0.15, 0.2) is 0 Å². The average molecular weight is 294 g/mol. The highest BCUT2D eigenvalue weighted by Crippen LogP contribution is 2.51. The topological polar surface area (TPSA) is 62.1 Å². The van der Waals surface area contributed by atoms with E-state index in [1.54, 1.807) is 0 Å². The molecule has 1 aliphatic rings. The number of nitrogens with zero attached hydrogens (tertiary/aromatic N) is 1. The van der Waals surface area contributed by atoms with Gasteiger partial charge in [-0.2, -0.15) is 5.26 Å². The fraction of sp³-hybridized carbons (Fsp3) is 0.882. The molecule has 0 aromatic carbocycles. The summed E-state index contributed by atoms with van der Waals surface area (Å²) >= 11 is 0. The summed E-state index contributed by atoms with van der Waals surface area (Å²) in [4.78, 5) is 11.8. The lowest BCUT2D eigenvalue weighted by Crippen LogP contribution is -2.46. The number of ether oxygens (including phenoxy) is 1. The molecule has 0 aliphatic heterocycles. The van der Waals surface area contributed by atoms with Crippen molar-refractivity contribution in [2.75, 3.05) is 0 Å². The van der Waals surface area contributed by atoms with Crippen LogP contribution >= 0.6 is 0 Å². The minimum Gasteiger partial charge on any atom is -0.444 e. The molecule has 0 radical (unpaired) electrons. The van der Waals surface area contributed by atoms with Crippen molar-refractivity contribution in [3.8, 4) is 6.07 Å². The Morgan fingerprint density at radius 3 is 2.14 bits per heavy atom. The molecular formula is C17H30N2O2. The zero-order valence-corrected chi connectivity index (χ0v) is 14.4. The summed E-state index contributed by atoms with van der Waals surface area (Å²) in [6.07, 6.45) is 4.04. The number of hydrogen-bond donors (Lipinski definition) is 1. The second-order valence-electron chi connectivity index (χ2n) is 8.29. The van der Waals surface area contributed by atoms with Crippen molar-refractivity contribution in [2.24, 2.45) is 10.8 Å². The fourth-order valence-corrected chi connectivity index (χ4v) is 3.13. The van der Waals surface area contributed by atoms with Crippen molar-refractivity contribution in [1.82, 2.24) is 5.32 Å². The van der Waals surface area contributed by atoms with E-state index in [1.165, 1.54) is 0 Å². The molecule has 1 amide bonds. The standard InChI is InChI=1S/C17H30N2O2/c1-15(2,3)17(11-12-18)9-7-13(8-10-17)19-14(20)21-16(4,5)6/h13H,7-11H2,1-6H3,(H,19,20)/t13-,17+. The van der Waals surface area contributed by atoms with E-state index in [2.05, 4.69) is 32.2 Å². The number of carbonyl (C=O) groups excluding carboxylic acids is 1. The molecule has 0 unspecified atom stereocenters. The molecule has 1 saturated carbocycles. The van der Waals surface area contributed by atoms with Crippen LogP contribution < -0.4 is 5.32 Å². The second-order valence-corrected chi connectivity index (χ2v) is 8.29. The molecule has 4 nitrogen and oxygen atoms in total. The summed E-state index contributed by atoms with van der Waals surface area (Å²) in [5.41, 5.74) is -0.289. The van der Waals surface area contributed by atoms with Crippen LogP contribution in [0.25, 0.3) is 0 Å². The molecule has 0 aromatic heterocycles. The van der Waals surface area contributed by atoms with E-state index in [0.29, 0.717) is 6.42 Å². The van der Waals surface area contributed by atoms with E-state index >= 15 is 0 Å². The predicted octanol–water partition coefficient (Wildman–Crippen LogP) is 4.40. The van der Waals surface area contributed by atoms with Crippen molar-refractivity contribution in [3.05, 3.63) is 0 Å². The van der Waals surface area contributed by atoms with Crippen LogP contribution in [-0.4, -0.2) is 17.7 Å². The van der Waals surface area contributed by atoms with Crippen LogP contribution in [0.1, 0.15) is 73.6 Å². The van der Waals surface area contributed by atoms with Gasteiger partial charge in [0, 0.05) is 12.5 Å². The highest BCUT2D eigenvalue weighted by molar-refractivity contribution is 5.68. The maximum atomic E-state index is 11.8. The lowest BCUT2D eigenvalue weighted by atomic mass is 9.57. The van der Waals surface area contributed by atoms with E-state index in [1.807, 2.05) is 20.8 Å².